The Labute approximate surface area is 166 Å². The van der Waals surface area contributed by atoms with Crippen LogP contribution in [0.1, 0.15) is 50.3 Å². The Morgan fingerprint density at radius 2 is 2.11 bits per heavy atom. The third-order valence-corrected chi connectivity index (χ3v) is 6.95. The number of aromatic nitrogens is 2. The number of amides is 1. The Hall–Kier alpha value is -1.89. The van der Waals surface area contributed by atoms with Crippen LogP contribution in [0, 0.1) is 24.7 Å². The van der Waals surface area contributed by atoms with Crippen molar-refractivity contribution < 1.29 is 9.53 Å². The van der Waals surface area contributed by atoms with Crippen LogP contribution in [0.25, 0.3) is 0 Å². The number of anilines is 1. The molecular formula is C21H32N4O3. The molecule has 154 valence electrons. The summed E-state index contributed by atoms with van der Waals surface area (Å²) in [6, 6.07) is 0.226. The number of hydrogen-bond acceptors (Lipinski definition) is 5. The van der Waals surface area contributed by atoms with Gasteiger partial charge in [0.2, 0.25) is 11.9 Å². The van der Waals surface area contributed by atoms with Gasteiger partial charge in [0.15, 0.2) is 0 Å². The number of H-pyrrole nitrogens is 1. The van der Waals surface area contributed by atoms with Crippen LogP contribution in [0.3, 0.4) is 0 Å². The zero-order chi connectivity index (χ0) is 19.7. The molecule has 1 saturated heterocycles. The smallest absolute Gasteiger partial charge is 0.255 e. The average molecular weight is 389 g/mol. The van der Waals surface area contributed by atoms with Crippen molar-refractivity contribution in [2.24, 2.45) is 17.8 Å². The highest BCUT2D eigenvalue weighted by molar-refractivity contribution is 5.76. The zero-order valence-electron chi connectivity index (χ0n) is 17.0. The van der Waals surface area contributed by atoms with Crippen LogP contribution in [0.15, 0.2) is 4.79 Å². The third kappa shape index (κ3) is 4.09. The number of ether oxygens (including phenoxy) is 1. The minimum absolute atomic E-state index is 0.0336. The Balaban J connectivity index is 1.32. The summed E-state index contributed by atoms with van der Waals surface area (Å²) in [6.07, 6.45) is 6.06. The highest BCUT2D eigenvalue weighted by atomic mass is 16.5. The van der Waals surface area contributed by atoms with Crippen LogP contribution in [-0.2, 0) is 16.0 Å². The van der Waals surface area contributed by atoms with Crippen LogP contribution < -0.4 is 15.8 Å². The predicted molar refractivity (Wildman–Crippen MR) is 107 cm³/mol. The predicted octanol–water partition coefficient (Wildman–Crippen LogP) is 1.79. The van der Waals surface area contributed by atoms with Gasteiger partial charge in [-0.15, -0.1) is 0 Å². The summed E-state index contributed by atoms with van der Waals surface area (Å²) in [5.74, 6) is 2.94. The number of carbonyl (C=O) groups excluding carboxylic acids is 1. The first kappa shape index (κ1) is 19.4. The van der Waals surface area contributed by atoms with Crippen molar-refractivity contribution in [3.05, 3.63) is 21.6 Å². The lowest BCUT2D eigenvalue weighted by molar-refractivity contribution is -0.122. The highest BCUT2D eigenvalue weighted by Crippen LogP contribution is 2.49. The van der Waals surface area contributed by atoms with Crippen molar-refractivity contribution in [1.29, 1.82) is 0 Å². The second-order valence-electron chi connectivity index (χ2n) is 8.75. The largest absolute Gasteiger partial charge is 0.378 e. The van der Waals surface area contributed by atoms with Crippen LogP contribution >= 0.6 is 0 Å². The number of hydrogen-bond donors (Lipinski definition) is 2. The first-order valence-electron chi connectivity index (χ1n) is 10.7. The first-order chi connectivity index (χ1) is 13.5. The summed E-state index contributed by atoms with van der Waals surface area (Å²) in [7, 11) is 0. The Morgan fingerprint density at radius 3 is 2.75 bits per heavy atom. The van der Waals surface area contributed by atoms with Gasteiger partial charge in [-0.3, -0.25) is 14.6 Å². The second kappa shape index (κ2) is 8.23. The van der Waals surface area contributed by atoms with Crippen molar-refractivity contribution in [1.82, 2.24) is 15.3 Å². The van der Waals surface area contributed by atoms with Crippen molar-refractivity contribution in [2.75, 3.05) is 31.2 Å². The van der Waals surface area contributed by atoms with Gasteiger partial charge in [-0.1, -0.05) is 6.42 Å². The highest BCUT2D eigenvalue weighted by Gasteiger charge is 2.42. The molecule has 4 rings (SSSR count). The molecule has 1 aromatic heterocycles. The summed E-state index contributed by atoms with van der Waals surface area (Å²) in [5.41, 5.74) is 1.18. The molecule has 2 saturated carbocycles. The molecular weight excluding hydrogens is 356 g/mol. The quantitative estimate of drug-likeness (QED) is 0.776. The summed E-state index contributed by atoms with van der Waals surface area (Å²) in [6.45, 7) is 6.73. The molecule has 28 heavy (non-hydrogen) atoms. The SMILES string of the molecule is Cc1nc(N2CCOCC2)[nH]c(=O)c1CCC(=O)NC(C)C1CC2CCC1C2. The molecule has 4 atom stereocenters. The van der Waals surface area contributed by atoms with Crippen molar-refractivity contribution in [3.8, 4) is 0 Å². The standard InChI is InChI=1S/C21H32N4O3/c1-13-17(20(27)24-21(23-13)25-7-9-28-10-8-25)5-6-19(26)22-14(2)18-12-15-3-4-16(18)11-15/h14-16,18H,3-12H2,1-2H3,(H,22,26)(H,23,24,27). The summed E-state index contributed by atoms with van der Waals surface area (Å²) >= 11 is 0. The van der Waals surface area contributed by atoms with Crippen molar-refractivity contribution >= 4 is 11.9 Å². The Morgan fingerprint density at radius 1 is 1.32 bits per heavy atom. The van der Waals surface area contributed by atoms with Crippen LogP contribution in [0.5, 0.6) is 0 Å². The van der Waals surface area contributed by atoms with Gasteiger partial charge in [0.05, 0.1) is 13.2 Å². The van der Waals surface area contributed by atoms with Crippen molar-refractivity contribution in [2.45, 2.75) is 58.4 Å². The number of fused-ring (bicyclic) bond motifs is 2. The summed E-state index contributed by atoms with van der Waals surface area (Å²) in [5, 5.41) is 3.19. The summed E-state index contributed by atoms with van der Waals surface area (Å²) in [4.78, 5) is 34.5. The average Bonchev–Trinajstić information content (AvgIpc) is 3.31. The molecule has 1 aromatic rings. The van der Waals surface area contributed by atoms with E-state index in [0.29, 0.717) is 49.2 Å². The second-order valence-corrected chi connectivity index (χ2v) is 8.75. The normalized spacial score (nSPS) is 27.8. The van der Waals surface area contributed by atoms with Gasteiger partial charge < -0.3 is 15.0 Å². The Bertz CT molecular complexity index is 771. The lowest BCUT2D eigenvalue weighted by Crippen LogP contribution is -2.40. The lowest BCUT2D eigenvalue weighted by atomic mass is 9.84. The molecule has 3 fully saturated rings. The fraction of sp³-hybridized carbons (Fsp3) is 0.762. The van der Waals surface area contributed by atoms with E-state index in [0.717, 1.165) is 24.9 Å². The van der Waals surface area contributed by atoms with Crippen LogP contribution in [0.2, 0.25) is 0 Å². The maximum atomic E-state index is 12.5. The molecule has 1 amide bonds. The van der Waals surface area contributed by atoms with Gasteiger partial charge >= 0.3 is 0 Å². The van der Waals surface area contributed by atoms with E-state index in [4.69, 9.17) is 4.74 Å². The molecule has 1 aliphatic heterocycles. The van der Waals surface area contributed by atoms with E-state index < -0.39 is 0 Å². The van der Waals surface area contributed by atoms with E-state index in [1.807, 2.05) is 11.8 Å². The maximum absolute atomic E-state index is 12.5. The van der Waals surface area contributed by atoms with E-state index in [9.17, 15) is 9.59 Å². The molecule has 7 nitrogen and oxygen atoms in total. The number of nitrogens with one attached hydrogen (secondary N) is 2. The number of carbonyl (C=O) groups is 1. The number of nitrogens with zero attached hydrogens (tertiary/aromatic N) is 2. The minimum Gasteiger partial charge on any atom is -0.378 e. The van der Waals surface area contributed by atoms with Gasteiger partial charge in [-0.05, 0) is 57.3 Å². The van der Waals surface area contributed by atoms with E-state index in [1.165, 1.54) is 25.7 Å². The van der Waals surface area contributed by atoms with Gasteiger partial charge in [0.25, 0.3) is 5.56 Å². The molecule has 2 heterocycles. The molecule has 0 spiro atoms. The molecule has 0 radical (unpaired) electrons. The van der Waals surface area contributed by atoms with Crippen molar-refractivity contribution in [3.63, 3.8) is 0 Å². The number of morpholine rings is 1. The van der Waals surface area contributed by atoms with Gasteiger partial charge in [-0.25, -0.2) is 4.98 Å². The molecule has 2 N–H and O–H groups in total. The molecule has 2 bridgehead atoms. The van der Waals surface area contributed by atoms with Crippen LogP contribution in [0.4, 0.5) is 5.95 Å². The third-order valence-electron chi connectivity index (χ3n) is 6.95. The fourth-order valence-corrected chi connectivity index (χ4v) is 5.39. The molecule has 0 aromatic carbocycles. The lowest BCUT2D eigenvalue weighted by Gasteiger charge is -2.28. The van der Waals surface area contributed by atoms with Gasteiger partial charge in [0, 0.05) is 36.8 Å². The number of aryl methyl sites for hydroxylation is 1. The van der Waals surface area contributed by atoms with Gasteiger partial charge in [-0.2, -0.15) is 0 Å². The first-order valence-corrected chi connectivity index (χ1v) is 10.7. The monoisotopic (exact) mass is 388 g/mol. The van der Waals surface area contributed by atoms with Crippen LogP contribution in [-0.4, -0.2) is 48.2 Å². The molecule has 3 aliphatic rings. The van der Waals surface area contributed by atoms with Gasteiger partial charge in [0.1, 0.15) is 0 Å². The topological polar surface area (TPSA) is 87.3 Å². The zero-order valence-corrected chi connectivity index (χ0v) is 17.0. The summed E-state index contributed by atoms with van der Waals surface area (Å²) < 4.78 is 5.35. The Kier molecular flexibility index (Phi) is 5.71. The minimum atomic E-state index is -0.136. The number of aromatic amines is 1. The molecule has 2 aliphatic carbocycles. The van der Waals surface area contributed by atoms with E-state index in [-0.39, 0.29) is 17.5 Å². The van der Waals surface area contributed by atoms with E-state index in [2.05, 4.69) is 22.2 Å². The fourth-order valence-electron chi connectivity index (χ4n) is 5.39. The number of rotatable bonds is 6. The molecule has 4 unspecified atom stereocenters. The maximum Gasteiger partial charge on any atom is 0.255 e. The molecule has 7 heteroatoms. The van der Waals surface area contributed by atoms with E-state index in [1.54, 1.807) is 0 Å². The van der Waals surface area contributed by atoms with E-state index >= 15 is 0 Å².